The van der Waals surface area contributed by atoms with E-state index in [4.69, 9.17) is 0 Å². The van der Waals surface area contributed by atoms with E-state index in [0.29, 0.717) is 18.5 Å². The monoisotopic (exact) mass is 328 g/mol. The van der Waals surface area contributed by atoms with Crippen LogP contribution in [0.5, 0.6) is 0 Å². The van der Waals surface area contributed by atoms with Crippen molar-refractivity contribution < 1.29 is 17.6 Å². The van der Waals surface area contributed by atoms with Crippen LogP contribution in [0.25, 0.3) is 0 Å². The van der Waals surface area contributed by atoms with Crippen LogP contribution in [0.1, 0.15) is 18.9 Å². The Morgan fingerprint density at radius 1 is 1.41 bits per heavy atom. The highest BCUT2D eigenvalue weighted by atomic mass is 32.2. The van der Waals surface area contributed by atoms with Crippen LogP contribution >= 0.6 is 0 Å². The number of hydrogen-bond acceptors (Lipinski definition) is 4. The van der Waals surface area contributed by atoms with Gasteiger partial charge in [-0.3, -0.25) is 4.79 Å². The van der Waals surface area contributed by atoms with E-state index in [0.717, 1.165) is 0 Å². The average Bonchev–Trinajstić information content (AvgIpc) is 2.82. The van der Waals surface area contributed by atoms with Gasteiger partial charge in [0.05, 0.1) is 18.1 Å². The lowest BCUT2D eigenvalue weighted by Gasteiger charge is -2.27. The molecular weight excluding hydrogens is 307 g/mol. The first-order valence-electron chi connectivity index (χ1n) is 7.37. The molecule has 0 saturated carbocycles. The molecule has 0 aromatic heterocycles. The maximum absolute atomic E-state index is 13.5. The number of amides is 1. The van der Waals surface area contributed by atoms with Gasteiger partial charge in [-0.05, 0) is 19.4 Å². The normalized spacial score (nSPS) is 20.0. The number of likely N-dealkylation sites (N-methyl/N-ethyl adjacent to an activating group) is 1. The van der Waals surface area contributed by atoms with Gasteiger partial charge in [0.25, 0.3) is 0 Å². The zero-order valence-corrected chi connectivity index (χ0v) is 13.4. The molecule has 1 aliphatic heterocycles. The Hall–Kier alpha value is -1.47. The van der Waals surface area contributed by atoms with E-state index < -0.39 is 9.84 Å². The van der Waals surface area contributed by atoms with Crippen LogP contribution in [-0.4, -0.2) is 49.9 Å². The molecule has 0 spiro atoms. The molecule has 1 N–H and O–H groups in total. The largest absolute Gasteiger partial charge is 0.338 e. The smallest absolute Gasteiger partial charge is 0.236 e. The third-order valence-corrected chi connectivity index (χ3v) is 5.61. The third kappa shape index (κ3) is 4.27. The quantitative estimate of drug-likeness (QED) is 0.844. The maximum Gasteiger partial charge on any atom is 0.236 e. The minimum atomic E-state index is -3.02. The summed E-state index contributed by atoms with van der Waals surface area (Å²) in [5.74, 6) is -0.276. The molecule has 122 valence electrons. The van der Waals surface area contributed by atoms with Gasteiger partial charge in [-0.2, -0.15) is 0 Å². The second kappa shape index (κ2) is 7.19. The van der Waals surface area contributed by atoms with Crippen molar-refractivity contribution >= 4 is 15.7 Å². The van der Waals surface area contributed by atoms with E-state index >= 15 is 0 Å². The lowest BCUT2D eigenvalue weighted by atomic mass is 10.2. The van der Waals surface area contributed by atoms with E-state index in [2.05, 4.69) is 5.32 Å². The van der Waals surface area contributed by atoms with Gasteiger partial charge in [0, 0.05) is 24.7 Å². The van der Waals surface area contributed by atoms with Gasteiger partial charge in [0.2, 0.25) is 5.91 Å². The summed E-state index contributed by atoms with van der Waals surface area (Å²) >= 11 is 0. The van der Waals surface area contributed by atoms with Crippen LogP contribution in [0.4, 0.5) is 4.39 Å². The number of benzene rings is 1. The van der Waals surface area contributed by atoms with Crippen molar-refractivity contribution in [2.75, 3.05) is 24.6 Å². The Bertz CT molecular complexity index is 633. The van der Waals surface area contributed by atoms with Crippen LogP contribution in [0.2, 0.25) is 0 Å². The van der Waals surface area contributed by atoms with Crippen molar-refractivity contribution in [2.24, 2.45) is 0 Å². The van der Waals surface area contributed by atoms with E-state index in [1.54, 1.807) is 23.1 Å². The molecule has 1 aromatic carbocycles. The fraction of sp³-hybridized carbons (Fsp3) is 0.533. The minimum Gasteiger partial charge on any atom is -0.338 e. The van der Waals surface area contributed by atoms with Gasteiger partial charge in [-0.15, -0.1) is 0 Å². The van der Waals surface area contributed by atoms with Crippen molar-refractivity contribution in [3.8, 4) is 0 Å². The van der Waals surface area contributed by atoms with Gasteiger partial charge in [-0.1, -0.05) is 18.2 Å². The zero-order chi connectivity index (χ0) is 16.2. The summed E-state index contributed by atoms with van der Waals surface area (Å²) in [4.78, 5) is 13.8. The fourth-order valence-corrected chi connectivity index (χ4v) is 4.44. The number of hydrogen-bond donors (Lipinski definition) is 1. The van der Waals surface area contributed by atoms with Crippen LogP contribution < -0.4 is 5.32 Å². The highest BCUT2D eigenvalue weighted by Crippen LogP contribution is 2.17. The molecule has 2 rings (SSSR count). The summed E-state index contributed by atoms with van der Waals surface area (Å²) < 4.78 is 36.5. The number of carbonyl (C=O) groups excluding carboxylic acids is 1. The first-order valence-corrected chi connectivity index (χ1v) is 9.19. The van der Waals surface area contributed by atoms with E-state index in [9.17, 15) is 17.6 Å². The van der Waals surface area contributed by atoms with Crippen LogP contribution in [0.3, 0.4) is 0 Å². The van der Waals surface area contributed by atoms with Gasteiger partial charge >= 0.3 is 0 Å². The van der Waals surface area contributed by atoms with Crippen molar-refractivity contribution in [1.29, 1.82) is 0 Å². The third-order valence-electron chi connectivity index (χ3n) is 3.86. The van der Waals surface area contributed by atoms with Crippen molar-refractivity contribution in [3.63, 3.8) is 0 Å². The van der Waals surface area contributed by atoms with Crippen LogP contribution in [0, 0.1) is 5.82 Å². The lowest BCUT2D eigenvalue weighted by molar-refractivity contribution is -0.131. The summed E-state index contributed by atoms with van der Waals surface area (Å²) in [7, 11) is -3.02. The molecule has 1 atom stereocenters. The molecule has 1 amide bonds. The summed E-state index contributed by atoms with van der Waals surface area (Å²) in [6, 6.07) is 6.15. The Kier molecular flexibility index (Phi) is 5.52. The van der Waals surface area contributed by atoms with Gasteiger partial charge in [-0.25, -0.2) is 12.8 Å². The molecule has 7 heteroatoms. The molecule has 1 aromatic rings. The predicted molar refractivity (Wildman–Crippen MR) is 82.6 cm³/mol. The Labute approximate surface area is 130 Å². The molecule has 0 bridgehead atoms. The average molecular weight is 328 g/mol. The molecule has 1 fully saturated rings. The van der Waals surface area contributed by atoms with Crippen LogP contribution in [-0.2, 0) is 21.2 Å². The highest BCUT2D eigenvalue weighted by molar-refractivity contribution is 7.91. The number of nitrogens with zero attached hydrogens (tertiary/aromatic N) is 1. The summed E-state index contributed by atoms with van der Waals surface area (Å²) in [6.45, 7) is 2.64. The molecule has 0 radical (unpaired) electrons. The van der Waals surface area contributed by atoms with Crippen molar-refractivity contribution in [3.05, 3.63) is 35.6 Å². The standard InChI is InChI=1S/C15H21FN2O3S/c1-2-18(13-7-8-22(20,21)11-13)15(19)10-17-9-12-5-3-4-6-14(12)16/h3-6,13,17H,2,7-11H2,1H3. The van der Waals surface area contributed by atoms with E-state index in [1.807, 2.05) is 6.92 Å². The van der Waals surface area contributed by atoms with E-state index in [1.165, 1.54) is 6.07 Å². The van der Waals surface area contributed by atoms with Gasteiger partial charge < -0.3 is 10.2 Å². The Balaban J connectivity index is 1.87. The number of nitrogens with one attached hydrogen (secondary N) is 1. The first-order chi connectivity index (χ1) is 10.4. The van der Waals surface area contributed by atoms with Gasteiger partial charge in [0.1, 0.15) is 5.82 Å². The molecule has 22 heavy (non-hydrogen) atoms. The number of sulfone groups is 1. The molecule has 1 aliphatic rings. The number of halogens is 1. The fourth-order valence-electron chi connectivity index (χ4n) is 2.71. The molecule has 0 aliphatic carbocycles. The van der Waals surface area contributed by atoms with Gasteiger partial charge in [0.15, 0.2) is 9.84 Å². The minimum absolute atomic E-state index is 0.0416. The summed E-state index contributed by atoms with van der Waals surface area (Å²) in [6.07, 6.45) is 0.495. The second-order valence-electron chi connectivity index (χ2n) is 5.43. The summed E-state index contributed by atoms with van der Waals surface area (Å²) in [5.41, 5.74) is 0.502. The topological polar surface area (TPSA) is 66.5 Å². The zero-order valence-electron chi connectivity index (χ0n) is 12.6. The molecule has 1 heterocycles. The van der Waals surface area contributed by atoms with E-state index in [-0.39, 0.29) is 42.4 Å². The molecule has 5 nitrogen and oxygen atoms in total. The molecular formula is C15H21FN2O3S. The maximum atomic E-state index is 13.5. The second-order valence-corrected chi connectivity index (χ2v) is 7.66. The lowest BCUT2D eigenvalue weighted by Crippen LogP contribution is -2.45. The SMILES string of the molecule is CCN(C(=O)CNCc1ccccc1F)C1CCS(=O)(=O)C1. The first kappa shape index (κ1) is 16.9. The van der Waals surface area contributed by atoms with Crippen molar-refractivity contribution in [2.45, 2.75) is 25.9 Å². The number of rotatable bonds is 6. The molecule has 1 unspecified atom stereocenters. The molecule has 1 saturated heterocycles. The summed E-state index contributed by atoms with van der Waals surface area (Å²) in [5, 5.41) is 2.92. The number of carbonyl (C=O) groups is 1. The Morgan fingerprint density at radius 2 is 2.14 bits per heavy atom. The van der Waals surface area contributed by atoms with Crippen LogP contribution in [0.15, 0.2) is 24.3 Å². The predicted octanol–water partition coefficient (Wildman–Crippen LogP) is 0.951. The Morgan fingerprint density at radius 3 is 2.73 bits per heavy atom. The highest BCUT2D eigenvalue weighted by Gasteiger charge is 2.33. The van der Waals surface area contributed by atoms with Crippen molar-refractivity contribution in [1.82, 2.24) is 10.2 Å².